The van der Waals surface area contributed by atoms with Gasteiger partial charge in [-0.1, -0.05) is 29.8 Å². The number of nitrogens with zero attached hydrogens (tertiary/aromatic N) is 1. The number of amides is 1. The predicted octanol–water partition coefficient (Wildman–Crippen LogP) is 3.22. The molecular formula is C19H21NO4S. The molecule has 0 saturated carbocycles. The Kier molecular flexibility index (Phi) is 6.89. The molecule has 2 rings (SSSR count). The highest BCUT2D eigenvalue weighted by Gasteiger charge is 2.14. The normalized spacial score (nSPS) is 10.3. The molecule has 6 heteroatoms. The van der Waals surface area contributed by atoms with Crippen LogP contribution in [-0.2, 0) is 20.9 Å². The third-order valence-corrected chi connectivity index (χ3v) is 4.44. The van der Waals surface area contributed by atoms with Crippen molar-refractivity contribution in [3.63, 3.8) is 0 Å². The molecule has 2 aromatic rings. The third-order valence-electron chi connectivity index (χ3n) is 3.71. The fourth-order valence-corrected chi connectivity index (χ4v) is 2.83. The summed E-state index contributed by atoms with van der Waals surface area (Å²) in [5.74, 6) is -0.931. The molecule has 0 aliphatic carbocycles. The van der Waals surface area contributed by atoms with Gasteiger partial charge in [0, 0.05) is 25.6 Å². The molecule has 5 nitrogen and oxygen atoms in total. The molecule has 0 atom stereocenters. The first-order valence-electron chi connectivity index (χ1n) is 7.96. The van der Waals surface area contributed by atoms with E-state index in [0.717, 1.165) is 11.1 Å². The van der Waals surface area contributed by atoms with Gasteiger partial charge in [-0.3, -0.25) is 14.4 Å². The molecule has 1 aromatic heterocycles. The number of hydrogen-bond donors (Lipinski definition) is 0. The lowest BCUT2D eigenvalue weighted by Crippen LogP contribution is -2.30. The maximum atomic E-state index is 12.0. The quantitative estimate of drug-likeness (QED) is 0.536. The van der Waals surface area contributed by atoms with Gasteiger partial charge in [-0.25, -0.2) is 0 Å². The number of esters is 1. The second kappa shape index (κ2) is 9.13. The summed E-state index contributed by atoms with van der Waals surface area (Å²) < 4.78 is 4.97. The Hall–Kier alpha value is -2.47. The van der Waals surface area contributed by atoms with Crippen LogP contribution in [0.1, 0.15) is 34.3 Å². The Balaban J connectivity index is 1.70. The number of carbonyl (C=O) groups is 3. The van der Waals surface area contributed by atoms with E-state index in [4.69, 9.17) is 4.74 Å². The van der Waals surface area contributed by atoms with Gasteiger partial charge in [0.1, 0.15) is 0 Å². The van der Waals surface area contributed by atoms with Crippen LogP contribution in [0.15, 0.2) is 41.1 Å². The van der Waals surface area contributed by atoms with Gasteiger partial charge in [0.05, 0.1) is 6.42 Å². The van der Waals surface area contributed by atoms with Crippen LogP contribution in [0.5, 0.6) is 0 Å². The summed E-state index contributed by atoms with van der Waals surface area (Å²) in [4.78, 5) is 37.2. The zero-order valence-electron chi connectivity index (χ0n) is 14.4. The average molecular weight is 359 g/mol. The smallest absolute Gasteiger partial charge is 0.306 e. The zero-order chi connectivity index (χ0) is 18.2. The standard InChI is InChI=1S/C19H21NO4S/c1-14-3-5-16(6-4-14)17(21)7-8-19(23)24-12-18(22)20(2)11-15-9-10-25-13-15/h3-6,9-10,13H,7-8,11-12H2,1-2H3. The number of Topliss-reactive ketones (excluding diaryl/α,β-unsaturated/α-hetero) is 1. The second-order valence-electron chi connectivity index (χ2n) is 5.83. The first-order chi connectivity index (χ1) is 12.0. The summed E-state index contributed by atoms with van der Waals surface area (Å²) in [6.45, 7) is 2.11. The van der Waals surface area contributed by atoms with E-state index in [9.17, 15) is 14.4 Å². The Morgan fingerprint density at radius 1 is 1.08 bits per heavy atom. The van der Waals surface area contributed by atoms with Crippen molar-refractivity contribution in [2.24, 2.45) is 0 Å². The van der Waals surface area contributed by atoms with Crippen LogP contribution < -0.4 is 0 Å². The summed E-state index contributed by atoms with van der Waals surface area (Å²) in [7, 11) is 1.66. The molecule has 0 aliphatic heterocycles. The molecule has 0 N–H and O–H groups in total. The van der Waals surface area contributed by atoms with Gasteiger partial charge in [-0.2, -0.15) is 11.3 Å². The van der Waals surface area contributed by atoms with Crippen LogP contribution in [0.4, 0.5) is 0 Å². The number of thiophene rings is 1. The monoisotopic (exact) mass is 359 g/mol. The number of likely N-dealkylation sites (N-methyl/N-ethyl adjacent to an activating group) is 1. The minimum Gasteiger partial charge on any atom is -0.456 e. The van der Waals surface area contributed by atoms with Crippen LogP contribution in [0.2, 0.25) is 0 Å². The predicted molar refractivity (Wildman–Crippen MR) is 96.5 cm³/mol. The van der Waals surface area contributed by atoms with Crippen LogP contribution in [0.25, 0.3) is 0 Å². The Labute approximate surface area is 151 Å². The Morgan fingerprint density at radius 2 is 1.80 bits per heavy atom. The zero-order valence-corrected chi connectivity index (χ0v) is 15.2. The molecule has 0 spiro atoms. The Bertz CT molecular complexity index is 722. The van der Waals surface area contributed by atoms with Crippen molar-refractivity contribution in [1.29, 1.82) is 0 Å². The largest absolute Gasteiger partial charge is 0.456 e. The van der Waals surface area contributed by atoms with Gasteiger partial charge in [0.15, 0.2) is 12.4 Å². The second-order valence-corrected chi connectivity index (χ2v) is 6.61. The van der Waals surface area contributed by atoms with Crippen LogP contribution in [-0.4, -0.2) is 36.2 Å². The fourth-order valence-electron chi connectivity index (χ4n) is 2.17. The minimum atomic E-state index is -0.544. The van der Waals surface area contributed by atoms with Crippen molar-refractivity contribution in [2.45, 2.75) is 26.3 Å². The van der Waals surface area contributed by atoms with E-state index in [-0.39, 0.29) is 31.1 Å². The van der Waals surface area contributed by atoms with Gasteiger partial charge >= 0.3 is 5.97 Å². The van der Waals surface area contributed by atoms with Gasteiger partial charge < -0.3 is 9.64 Å². The molecule has 0 bridgehead atoms. The van der Waals surface area contributed by atoms with E-state index >= 15 is 0 Å². The maximum absolute atomic E-state index is 12.0. The number of benzene rings is 1. The van der Waals surface area contributed by atoms with Gasteiger partial charge in [0.25, 0.3) is 5.91 Å². The molecule has 0 fully saturated rings. The molecule has 0 saturated heterocycles. The first-order valence-corrected chi connectivity index (χ1v) is 8.90. The van der Waals surface area contributed by atoms with Crippen molar-refractivity contribution in [2.75, 3.05) is 13.7 Å². The van der Waals surface area contributed by atoms with Crippen molar-refractivity contribution >= 4 is 29.0 Å². The van der Waals surface area contributed by atoms with E-state index in [0.29, 0.717) is 12.1 Å². The molecule has 25 heavy (non-hydrogen) atoms. The minimum absolute atomic E-state index is 0.0335. The Morgan fingerprint density at radius 3 is 2.44 bits per heavy atom. The topological polar surface area (TPSA) is 63.7 Å². The van der Waals surface area contributed by atoms with E-state index < -0.39 is 5.97 Å². The summed E-state index contributed by atoms with van der Waals surface area (Å²) in [5, 5.41) is 3.91. The lowest BCUT2D eigenvalue weighted by molar-refractivity contribution is -0.151. The van der Waals surface area contributed by atoms with Crippen LogP contribution in [0.3, 0.4) is 0 Å². The van der Waals surface area contributed by atoms with Crippen molar-refractivity contribution in [1.82, 2.24) is 4.90 Å². The molecule has 0 aliphatic rings. The van der Waals surface area contributed by atoms with E-state index in [1.807, 2.05) is 35.9 Å². The number of ether oxygens (including phenoxy) is 1. The van der Waals surface area contributed by atoms with E-state index in [1.54, 1.807) is 30.5 Å². The SMILES string of the molecule is Cc1ccc(C(=O)CCC(=O)OCC(=O)N(C)Cc2ccsc2)cc1. The number of aryl methyl sites for hydroxylation is 1. The molecule has 1 heterocycles. The molecule has 132 valence electrons. The number of rotatable bonds is 8. The van der Waals surface area contributed by atoms with Crippen molar-refractivity contribution in [3.8, 4) is 0 Å². The summed E-state index contributed by atoms with van der Waals surface area (Å²) in [6, 6.07) is 9.13. The number of carbonyl (C=O) groups excluding carboxylic acids is 3. The van der Waals surface area contributed by atoms with Gasteiger partial charge in [0.2, 0.25) is 0 Å². The lowest BCUT2D eigenvalue weighted by Gasteiger charge is -2.16. The number of ketones is 1. The molecule has 0 radical (unpaired) electrons. The third kappa shape index (κ3) is 6.15. The molecule has 1 aromatic carbocycles. The average Bonchev–Trinajstić information content (AvgIpc) is 3.11. The number of hydrogen-bond acceptors (Lipinski definition) is 5. The van der Waals surface area contributed by atoms with Crippen LogP contribution in [0, 0.1) is 6.92 Å². The maximum Gasteiger partial charge on any atom is 0.306 e. The lowest BCUT2D eigenvalue weighted by atomic mass is 10.1. The highest BCUT2D eigenvalue weighted by molar-refractivity contribution is 7.07. The molecular weight excluding hydrogens is 338 g/mol. The fraction of sp³-hybridized carbons (Fsp3) is 0.316. The molecule has 0 unspecified atom stereocenters. The van der Waals surface area contributed by atoms with Crippen molar-refractivity contribution in [3.05, 3.63) is 57.8 Å². The van der Waals surface area contributed by atoms with Gasteiger partial charge in [-0.05, 0) is 29.3 Å². The van der Waals surface area contributed by atoms with E-state index in [1.165, 1.54) is 4.90 Å². The van der Waals surface area contributed by atoms with Gasteiger partial charge in [-0.15, -0.1) is 0 Å². The summed E-state index contributed by atoms with van der Waals surface area (Å²) >= 11 is 1.56. The highest BCUT2D eigenvalue weighted by atomic mass is 32.1. The first kappa shape index (κ1) is 18.9. The molecule has 1 amide bonds. The van der Waals surface area contributed by atoms with E-state index in [2.05, 4.69) is 0 Å². The highest BCUT2D eigenvalue weighted by Crippen LogP contribution is 2.10. The summed E-state index contributed by atoms with van der Waals surface area (Å²) in [6.07, 6.45) is 0.0368. The van der Waals surface area contributed by atoms with Crippen molar-refractivity contribution < 1.29 is 19.1 Å². The van der Waals surface area contributed by atoms with Crippen LogP contribution >= 0.6 is 11.3 Å². The summed E-state index contributed by atoms with van der Waals surface area (Å²) in [5.41, 5.74) is 2.68.